The van der Waals surface area contributed by atoms with E-state index in [1.807, 2.05) is 0 Å². The zero-order valence-corrected chi connectivity index (χ0v) is 14.7. The number of carbonyl (C=O) groups excluding carboxylic acids is 1. The second-order valence-electron chi connectivity index (χ2n) is 5.23. The maximum absolute atomic E-state index is 13.2. The lowest BCUT2D eigenvalue weighted by Crippen LogP contribution is -2.53. The Bertz CT molecular complexity index is 723. The second-order valence-corrected chi connectivity index (χ2v) is 7.22. The van der Waals surface area contributed by atoms with Crippen molar-refractivity contribution in [2.75, 3.05) is 13.1 Å². The molecule has 1 aliphatic rings. The van der Waals surface area contributed by atoms with Gasteiger partial charge in [0.05, 0.1) is 17.2 Å². The summed E-state index contributed by atoms with van der Waals surface area (Å²) in [6.07, 6.45) is -2.97. The van der Waals surface area contributed by atoms with Gasteiger partial charge < -0.3 is 10.2 Å². The molecule has 2 unspecified atom stereocenters. The summed E-state index contributed by atoms with van der Waals surface area (Å²) >= 11 is 4.76. The number of amides is 1. The molecule has 24 heavy (non-hydrogen) atoms. The van der Waals surface area contributed by atoms with Gasteiger partial charge in [-0.05, 0) is 12.1 Å². The topological polar surface area (TPSA) is 45.2 Å². The minimum Gasteiger partial charge on any atom is -0.314 e. The molecule has 128 valence electrons. The monoisotopic (exact) mass is 419 g/mol. The summed E-state index contributed by atoms with van der Waals surface area (Å²) in [5, 5.41) is 5.62. The molecule has 1 amide bonds. The van der Waals surface area contributed by atoms with E-state index in [9.17, 15) is 18.0 Å². The van der Waals surface area contributed by atoms with E-state index in [0.29, 0.717) is 18.1 Å². The van der Waals surface area contributed by atoms with Gasteiger partial charge in [0.25, 0.3) is 5.91 Å². The summed E-state index contributed by atoms with van der Waals surface area (Å²) < 4.78 is 39.7. The van der Waals surface area contributed by atoms with E-state index < -0.39 is 28.6 Å². The van der Waals surface area contributed by atoms with E-state index >= 15 is 0 Å². The molecule has 9 heteroatoms. The molecule has 4 nitrogen and oxygen atoms in total. The van der Waals surface area contributed by atoms with Gasteiger partial charge in [0.2, 0.25) is 0 Å². The van der Waals surface area contributed by atoms with Crippen molar-refractivity contribution in [3.8, 4) is 0 Å². The van der Waals surface area contributed by atoms with Crippen molar-refractivity contribution in [2.45, 2.75) is 17.2 Å². The van der Waals surface area contributed by atoms with Crippen molar-refractivity contribution >= 4 is 33.2 Å². The first kappa shape index (κ1) is 17.4. The van der Waals surface area contributed by atoms with Crippen molar-refractivity contribution in [3.05, 3.63) is 52.0 Å². The Hall–Kier alpha value is -1.45. The quantitative estimate of drug-likeness (QED) is 0.596. The van der Waals surface area contributed by atoms with Crippen molar-refractivity contribution in [3.63, 3.8) is 0 Å². The van der Waals surface area contributed by atoms with E-state index in [-0.39, 0.29) is 5.56 Å². The summed E-state index contributed by atoms with van der Waals surface area (Å²) in [7, 11) is 0. The van der Waals surface area contributed by atoms with Gasteiger partial charge in [0.15, 0.2) is 0 Å². The Balaban J connectivity index is 2.01. The van der Waals surface area contributed by atoms with Crippen molar-refractivity contribution < 1.29 is 18.0 Å². The highest BCUT2D eigenvalue weighted by Gasteiger charge is 2.40. The van der Waals surface area contributed by atoms with Crippen LogP contribution in [0.5, 0.6) is 0 Å². The minimum absolute atomic E-state index is 0.349. The number of benzene rings is 1. The third-order valence-corrected chi connectivity index (χ3v) is 5.36. The van der Waals surface area contributed by atoms with Gasteiger partial charge in [0, 0.05) is 24.7 Å². The van der Waals surface area contributed by atoms with Crippen molar-refractivity contribution in [1.82, 2.24) is 15.2 Å². The first-order valence-corrected chi connectivity index (χ1v) is 8.92. The SMILES string of the molecule is O=C(c1ccccc1C(F)(F)F)N1C(Br)CNCC1c1nccs1. The number of thiazole rings is 1. The maximum atomic E-state index is 13.2. The molecule has 0 saturated carbocycles. The molecule has 0 aliphatic carbocycles. The van der Waals surface area contributed by atoms with E-state index in [1.54, 1.807) is 11.6 Å². The molecule has 1 aliphatic heterocycles. The molecule has 1 saturated heterocycles. The van der Waals surface area contributed by atoms with Crippen LogP contribution < -0.4 is 5.32 Å². The normalized spacial score (nSPS) is 21.8. The lowest BCUT2D eigenvalue weighted by atomic mass is 10.0. The van der Waals surface area contributed by atoms with E-state index in [2.05, 4.69) is 26.2 Å². The average molecular weight is 420 g/mol. The Morgan fingerprint density at radius 3 is 2.75 bits per heavy atom. The molecule has 1 fully saturated rings. The molecule has 2 heterocycles. The fourth-order valence-electron chi connectivity index (χ4n) is 2.66. The highest BCUT2D eigenvalue weighted by atomic mass is 79.9. The molecule has 0 bridgehead atoms. The van der Waals surface area contributed by atoms with Gasteiger partial charge in [-0.2, -0.15) is 13.2 Å². The molecule has 1 aromatic carbocycles. The van der Waals surface area contributed by atoms with Gasteiger partial charge >= 0.3 is 6.18 Å². The number of piperazine rings is 1. The van der Waals surface area contributed by atoms with Crippen LogP contribution in [0.2, 0.25) is 0 Å². The van der Waals surface area contributed by atoms with Crippen LogP contribution in [0.3, 0.4) is 0 Å². The summed E-state index contributed by atoms with van der Waals surface area (Å²) in [6, 6.07) is 4.44. The van der Waals surface area contributed by atoms with Crippen LogP contribution in [0.1, 0.15) is 27.0 Å². The van der Waals surface area contributed by atoms with Gasteiger partial charge in [0.1, 0.15) is 9.96 Å². The van der Waals surface area contributed by atoms with E-state index in [1.165, 1.54) is 34.4 Å². The number of carbonyl (C=O) groups is 1. The van der Waals surface area contributed by atoms with Crippen LogP contribution in [-0.2, 0) is 6.18 Å². The van der Waals surface area contributed by atoms with Gasteiger partial charge in [-0.25, -0.2) is 4.98 Å². The summed E-state index contributed by atoms with van der Waals surface area (Å²) in [6.45, 7) is 0.886. The molecule has 3 rings (SSSR count). The number of nitrogens with one attached hydrogen (secondary N) is 1. The molecule has 0 spiro atoms. The average Bonchev–Trinajstić information content (AvgIpc) is 3.07. The van der Waals surface area contributed by atoms with Crippen LogP contribution in [0.4, 0.5) is 13.2 Å². The highest BCUT2D eigenvalue weighted by Crippen LogP contribution is 2.35. The molecular formula is C15H13BrF3N3OS. The van der Waals surface area contributed by atoms with Crippen molar-refractivity contribution in [2.24, 2.45) is 0 Å². The number of rotatable bonds is 2. The lowest BCUT2D eigenvalue weighted by molar-refractivity contribution is -0.138. The Morgan fingerprint density at radius 2 is 2.08 bits per heavy atom. The van der Waals surface area contributed by atoms with Crippen LogP contribution in [0.25, 0.3) is 0 Å². The molecular weight excluding hydrogens is 407 g/mol. The fourth-order valence-corrected chi connectivity index (χ4v) is 4.10. The number of aromatic nitrogens is 1. The van der Waals surface area contributed by atoms with Gasteiger partial charge in [-0.3, -0.25) is 4.79 Å². The number of hydrogen-bond donors (Lipinski definition) is 1. The third-order valence-electron chi connectivity index (χ3n) is 3.72. The van der Waals surface area contributed by atoms with Crippen LogP contribution >= 0.6 is 27.3 Å². The Morgan fingerprint density at radius 1 is 1.33 bits per heavy atom. The van der Waals surface area contributed by atoms with Crippen LogP contribution in [0, 0.1) is 0 Å². The number of halogens is 4. The molecule has 2 atom stereocenters. The standard InChI is InChI=1S/C15H13BrF3N3OS/c16-12-8-20-7-11(13-21-5-6-24-13)22(12)14(23)9-3-1-2-4-10(9)15(17,18)19/h1-6,11-12,20H,7-8H2. The zero-order valence-electron chi connectivity index (χ0n) is 12.3. The van der Waals surface area contributed by atoms with E-state index in [0.717, 1.165) is 6.07 Å². The molecule has 2 aromatic rings. The van der Waals surface area contributed by atoms with Crippen molar-refractivity contribution in [1.29, 1.82) is 0 Å². The summed E-state index contributed by atoms with van der Waals surface area (Å²) in [4.78, 5) is 18.1. The first-order chi connectivity index (χ1) is 11.4. The van der Waals surface area contributed by atoms with Gasteiger partial charge in [-0.15, -0.1) is 11.3 Å². The Kier molecular flexibility index (Phi) is 4.93. The zero-order chi connectivity index (χ0) is 17.3. The van der Waals surface area contributed by atoms with E-state index in [4.69, 9.17) is 0 Å². The lowest BCUT2D eigenvalue weighted by Gasteiger charge is -2.39. The summed E-state index contributed by atoms with van der Waals surface area (Å²) in [5.74, 6) is -0.661. The summed E-state index contributed by atoms with van der Waals surface area (Å²) in [5.41, 5.74) is -1.27. The van der Waals surface area contributed by atoms with Crippen LogP contribution in [-0.4, -0.2) is 33.8 Å². The number of nitrogens with zero attached hydrogens (tertiary/aromatic N) is 2. The number of alkyl halides is 4. The number of hydrogen-bond acceptors (Lipinski definition) is 4. The minimum atomic E-state index is -4.58. The maximum Gasteiger partial charge on any atom is 0.417 e. The second kappa shape index (κ2) is 6.81. The highest BCUT2D eigenvalue weighted by molar-refractivity contribution is 9.09. The third kappa shape index (κ3) is 3.33. The molecule has 1 aromatic heterocycles. The Labute approximate surface area is 148 Å². The predicted molar refractivity (Wildman–Crippen MR) is 88.1 cm³/mol. The van der Waals surface area contributed by atoms with Crippen LogP contribution in [0.15, 0.2) is 35.8 Å². The molecule has 1 N–H and O–H groups in total. The largest absolute Gasteiger partial charge is 0.417 e. The predicted octanol–water partition coefficient (Wildman–Crippen LogP) is 3.67. The van der Waals surface area contributed by atoms with Gasteiger partial charge in [-0.1, -0.05) is 28.1 Å². The first-order valence-electron chi connectivity index (χ1n) is 7.12. The molecule has 0 radical (unpaired) electrons. The fraction of sp³-hybridized carbons (Fsp3) is 0.333. The smallest absolute Gasteiger partial charge is 0.314 e.